The number of rotatable bonds is 7. The molecule has 0 fully saturated rings. The minimum Gasteiger partial charge on any atom is -0.396 e. The Morgan fingerprint density at radius 1 is 1.18 bits per heavy atom. The van der Waals surface area contributed by atoms with Gasteiger partial charge in [-0.05, 0) is 23.2 Å². The van der Waals surface area contributed by atoms with E-state index < -0.39 is 0 Å². The largest absolute Gasteiger partial charge is 0.396 e. The summed E-state index contributed by atoms with van der Waals surface area (Å²) >= 11 is 2.42. The molecule has 0 bridgehead atoms. The number of aliphatic hydroxyl groups is 1. The fourth-order valence-corrected chi connectivity index (χ4v) is 1.67. The van der Waals surface area contributed by atoms with Crippen molar-refractivity contribution in [2.45, 2.75) is 39.0 Å². The first kappa shape index (κ1) is 11.7. The molecule has 0 rings (SSSR count). The summed E-state index contributed by atoms with van der Waals surface area (Å²) in [6.07, 6.45) is 6.32. The Bertz CT molecular complexity index is 76.0. The normalized spacial score (nSPS) is 13.4. The second-order valence-electron chi connectivity index (χ2n) is 3.16. The number of unbranched alkanes of at least 4 members (excludes halogenated alkanes) is 2. The van der Waals surface area contributed by atoms with Crippen molar-refractivity contribution >= 4 is 22.6 Å². The molecule has 11 heavy (non-hydrogen) atoms. The highest BCUT2D eigenvalue weighted by molar-refractivity contribution is 14.1. The minimum atomic E-state index is 0.355. The van der Waals surface area contributed by atoms with Gasteiger partial charge in [0, 0.05) is 6.61 Å². The molecule has 0 aliphatic carbocycles. The van der Waals surface area contributed by atoms with Crippen LogP contribution in [-0.4, -0.2) is 16.1 Å². The van der Waals surface area contributed by atoms with Crippen LogP contribution in [0.4, 0.5) is 0 Å². The lowest BCUT2D eigenvalue weighted by Gasteiger charge is -2.07. The topological polar surface area (TPSA) is 20.2 Å². The quantitative estimate of drug-likeness (QED) is 0.428. The van der Waals surface area contributed by atoms with Crippen molar-refractivity contribution in [2.24, 2.45) is 5.92 Å². The summed E-state index contributed by atoms with van der Waals surface area (Å²) < 4.78 is 1.28. The van der Waals surface area contributed by atoms with Crippen LogP contribution in [0.15, 0.2) is 0 Å². The first-order chi connectivity index (χ1) is 5.31. The third-order valence-corrected chi connectivity index (χ3v) is 2.72. The van der Waals surface area contributed by atoms with E-state index in [1.165, 1.54) is 30.1 Å². The predicted octanol–water partition coefficient (Wildman–Crippen LogP) is 3.00. The Balaban J connectivity index is 2.97. The summed E-state index contributed by atoms with van der Waals surface area (Å²) in [5.41, 5.74) is 0. The van der Waals surface area contributed by atoms with E-state index in [1.807, 2.05) is 0 Å². The Labute approximate surface area is 83.7 Å². The Hall–Kier alpha value is 0.690. The van der Waals surface area contributed by atoms with Gasteiger partial charge in [-0.2, -0.15) is 0 Å². The molecule has 2 heteroatoms. The van der Waals surface area contributed by atoms with E-state index in [-0.39, 0.29) is 0 Å². The number of aliphatic hydroxyl groups excluding tert-OH is 1. The van der Waals surface area contributed by atoms with Crippen LogP contribution in [0.25, 0.3) is 0 Å². The summed E-state index contributed by atoms with van der Waals surface area (Å²) in [5, 5.41) is 8.64. The van der Waals surface area contributed by atoms with E-state index in [4.69, 9.17) is 5.11 Å². The summed E-state index contributed by atoms with van der Waals surface area (Å²) in [5.74, 6) is 0.717. The standard InChI is InChI=1S/C9H19IO/c1-9(6-8-11)5-3-2-4-7-10/h9,11H,2-8H2,1H3/t9-/m0/s1. The van der Waals surface area contributed by atoms with Gasteiger partial charge in [0.15, 0.2) is 0 Å². The molecule has 0 aromatic heterocycles. The van der Waals surface area contributed by atoms with E-state index in [0.29, 0.717) is 12.5 Å². The average molecular weight is 270 g/mol. The predicted molar refractivity (Wildman–Crippen MR) is 58.2 cm³/mol. The summed E-state index contributed by atoms with van der Waals surface area (Å²) in [4.78, 5) is 0. The van der Waals surface area contributed by atoms with Crippen LogP contribution in [0.5, 0.6) is 0 Å². The van der Waals surface area contributed by atoms with Crippen molar-refractivity contribution in [1.29, 1.82) is 0 Å². The zero-order valence-electron chi connectivity index (χ0n) is 7.35. The van der Waals surface area contributed by atoms with E-state index in [1.54, 1.807) is 0 Å². The van der Waals surface area contributed by atoms with E-state index >= 15 is 0 Å². The molecule has 68 valence electrons. The van der Waals surface area contributed by atoms with Crippen LogP contribution in [-0.2, 0) is 0 Å². The molecule has 0 saturated carbocycles. The SMILES string of the molecule is C[C@H](CCO)CCCCCI. The summed E-state index contributed by atoms with van der Waals surface area (Å²) in [6, 6.07) is 0. The molecule has 0 radical (unpaired) electrons. The van der Waals surface area contributed by atoms with Crippen molar-refractivity contribution in [2.75, 3.05) is 11.0 Å². The third-order valence-electron chi connectivity index (χ3n) is 1.95. The van der Waals surface area contributed by atoms with Crippen LogP contribution in [0.3, 0.4) is 0 Å². The highest BCUT2D eigenvalue weighted by atomic mass is 127. The van der Waals surface area contributed by atoms with E-state index in [2.05, 4.69) is 29.5 Å². The monoisotopic (exact) mass is 270 g/mol. The second-order valence-corrected chi connectivity index (χ2v) is 4.23. The average Bonchev–Trinajstić information content (AvgIpc) is 1.99. The van der Waals surface area contributed by atoms with Gasteiger partial charge in [-0.1, -0.05) is 48.8 Å². The van der Waals surface area contributed by atoms with E-state index in [9.17, 15) is 0 Å². The molecule has 0 heterocycles. The Morgan fingerprint density at radius 3 is 2.45 bits per heavy atom. The van der Waals surface area contributed by atoms with Gasteiger partial charge in [-0.25, -0.2) is 0 Å². The molecule has 0 aliphatic heterocycles. The fourth-order valence-electron chi connectivity index (χ4n) is 1.13. The van der Waals surface area contributed by atoms with Crippen molar-refractivity contribution in [3.05, 3.63) is 0 Å². The zero-order chi connectivity index (χ0) is 8.53. The number of halogens is 1. The number of alkyl halides is 1. The molecule has 0 aromatic carbocycles. The maximum atomic E-state index is 8.64. The maximum absolute atomic E-state index is 8.64. The highest BCUT2D eigenvalue weighted by Gasteiger charge is 1.99. The lowest BCUT2D eigenvalue weighted by atomic mass is 10.0. The molecule has 0 amide bonds. The van der Waals surface area contributed by atoms with E-state index in [0.717, 1.165) is 6.42 Å². The van der Waals surface area contributed by atoms with Gasteiger partial charge in [-0.3, -0.25) is 0 Å². The van der Waals surface area contributed by atoms with Crippen molar-refractivity contribution < 1.29 is 5.11 Å². The zero-order valence-corrected chi connectivity index (χ0v) is 9.51. The molecule has 1 N–H and O–H groups in total. The number of hydrogen-bond donors (Lipinski definition) is 1. The van der Waals surface area contributed by atoms with Crippen molar-refractivity contribution in [1.82, 2.24) is 0 Å². The van der Waals surface area contributed by atoms with Crippen molar-refractivity contribution in [3.63, 3.8) is 0 Å². The first-order valence-electron chi connectivity index (χ1n) is 4.48. The minimum absolute atomic E-state index is 0.355. The lowest BCUT2D eigenvalue weighted by molar-refractivity contribution is 0.256. The lowest BCUT2D eigenvalue weighted by Crippen LogP contribution is -1.97. The second kappa shape index (κ2) is 8.78. The molecule has 1 nitrogen and oxygen atoms in total. The van der Waals surface area contributed by atoms with Crippen LogP contribution in [0.1, 0.15) is 39.0 Å². The van der Waals surface area contributed by atoms with Gasteiger partial charge in [0.1, 0.15) is 0 Å². The van der Waals surface area contributed by atoms with Crippen LogP contribution < -0.4 is 0 Å². The van der Waals surface area contributed by atoms with Crippen LogP contribution >= 0.6 is 22.6 Å². The van der Waals surface area contributed by atoms with Gasteiger partial charge in [0.25, 0.3) is 0 Å². The van der Waals surface area contributed by atoms with Gasteiger partial charge >= 0.3 is 0 Å². The molecule has 0 aromatic rings. The number of hydrogen-bond acceptors (Lipinski definition) is 1. The summed E-state index contributed by atoms with van der Waals surface area (Å²) in [7, 11) is 0. The smallest absolute Gasteiger partial charge is 0.0433 e. The van der Waals surface area contributed by atoms with Gasteiger partial charge in [0.2, 0.25) is 0 Å². The third kappa shape index (κ3) is 8.60. The molecule has 0 aliphatic rings. The van der Waals surface area contributed by atoms with Crippen LogP contribution in [0.2, 0.25) is 0 Å². The molecule has 1 atom stereocenters. The fraction of sp³-hybridized carbons (Fsp3) is 1.00. The van der Waals surface area contributed by atoms with Crippen molar-refractivity contribution in [3.8, 4) is 0 Å². The molecule has 0 spiro atoms. The molecular weight excluding hydrogens is 251 g/mol. The molecular formula is C9H19IO. The van der Waals surface area contributed by atoms with Gasteiger partial charge in [-0.15, -0.1) is 0 Å². The van der Waals surface area contributed by atoms with Gasteiger partial charge in [0.05, 0.1) is 0 Å². The maximum Gasteiger partial charge on any atom is 0.0433 e. The Morgan fingerprint density at radius 2 is 1.91 bits per heavy atom. The molecule has 0 saturated heterocycles. The first-order valence-corrected chi connectivity index (χ1v) is 6.00. The summed E-state index contributed by atoms with van der Waals surface area (Å²) in [6.45, 7) is 2.58. The van der Waals surface area contributed by atoms with Gasteiger partial charge < -0.3 is 5.11 Å². The molecule has 0 unspecified atom stereocenters. The van der Waals surface area contributed by atoms with Crippen LogP contribution in [0, 0.1) is 5.92 Å². The highest BCUT2D eigenvalue weighted by Crippen LogP contribution is 2.12. The Kier molecular flexibility index (Phi) is 9.33.